The average molecular weight is 701 g/mol. The Hall–Kier alpha value is -3.77. The van der Waals surface area contributed by atoms with Crippen molar-refractivity contribution in [1.82, 2.24) is 31.1 Å². The molecular weight excluding hydrogens is 640 g/mol. The molecule has 3 fully saturated rings. The van der Waals surface area contributed by atoms with Crippen LogP contribution in [0.2, 0.25) is 0 Å². The first-order valence-electron chi connectivity index (χ1n) is 18.3. The highest BCUT2D eigenvalue weighted by molar-refractivity contribution is 6.38. The van der Waals surface area contributed by atoms with Gasteiger partial charge in [-0.15, -0.1) is 6.58 Å². The second-order valence-corrected chi connectivity index (χ2v) is 16.5. The summed E-state index contributed by atoms with van der Waals surface area (Å²) in [5, 5.41) is 11.2. The maximum atomic E-state index is 14.5. The van der Waals surface area contributed by atoms with Gasteiger partial charge in [-0.1, -0.05) is 80.2 Å². The van der Waals surface area contributed by atoms with E-state index in [0.29, 0.717) is 38.6 Å². The number of ketones is 1. The molecule has 0 spiro atoms. The molecule has 2 aliphatic heterocycles. The number of hydrogen-bond acceptors (Lipinski definition) is 7. The molecule has 0 aromatic rings. The number of nitrogens with zero attached hydrogens (tertiary/aromatic N) is 2. The van der Waals surface area contributed by atoms with Crippen LogP contribution in [0.15, 0.2) is 12.7 Å². The van der Waals surface area contributed by atoms with Crippen molar-refractivity contribution >= 4 is 41.4 Å². The van der Waals surface area contributed by atoms with E-state index in [0.717, 1.165) is 19.3 Å². The third kappa shape index (κ3) is 10.4. The summed E-state index contributed by atoms with van der Waals surface area (Å²) in [6.45, 7) is 17.3. The van der Waals surface area contributed by atoms with Crippen LogP contribution in [0, 0.1) is 16.2 Å². The van der Waals surface area contributed by atoms with Crippen LogP contribution < -0.4 is 21.3 Å². The fraction of sp³-hybridized carbons (Fsp3) is 0.757. The minimum Gasteiger partial charge on any atom is -0.346 e. The predicted molar refractivity (Wildman–Crippen MR) is 189 cm³/mol. The van der Waals surface area contributed by atoms with Crippen LogP contribution in [0.1, 0.15) is 119 Å². The summed E-state index contributed by atoms with van der Waals surface area (Å²) >= 11 is 0. The lowest BCUT2D eigenvalue weighted by Crippen LogP contribution is -2.63. The predicted octanol–water partition coefficient (Wildman–Crippen LogP) is 3.36. The molecule has 2 saturated heterocycles. The summed E-state index contributed by atoms with van der Waals surface area (Å²) in [7, 11) is 0. The number of imide groups is 1. The highest BCUT2D eigenvalue weighted by atomic mass is 16.2. The number of rotatable bonds is 14. The Morgan fingerprint density at radius 1 is 0.940 bits per heavy atom. The van der Waals surface area contributed by atoms with Crippen molar-refractivity contribution in [2.45, 2.75) is 143 Å². The Kier molecular flexibility index (Phi) is 13.8. The van der Waals surface area contributed by atoms with Crippen molar-refractivity contribution < 1.29 is 33.6 Å². The Balaban J connectivity index is 1.81. The van der Waals surface area contributed by atoms with Crippen molar-refractivity contribution in [2.75, 3.05) is 19.6 Å². The second kappa shape index (κ2) is 17.0. The molecule has 7 amide bonds. The molecule has 13 nitrogen and oxygen atoms in total. The lowest BCUT2D eigenvalue weighted by atomic mass is 9.70. The zero-order chi connectivity index (χ0) is 37.4. The Morgan fingerprint density at radius 2 is 1.56 bits per heavy atom. The van der Waals surface area contributed by atoms with Crippen molar-refractivity contribution in [2.24, 2.45) is 16.2 Å². The Morgan fingerprint density at radius 3 is 2.12 bits per heavy atom. The molecule has 13 heteroatoms. The number of urea groups is 1. The fourth-order valence-corrected chi connectivity index (χ4v) is 7.35. The van der Waals surface area contributed by atoms with Crippen LogP contribution in [-0.4, -0.2) is 95.0 Å². The lowest BCUT2D eigenvalue weighted by Gasteiger charge is -2.43. The number of likely N-dealkylation sites (tertiary alicyclic amines) is 2. The quantitative estimate of drug-likeness (QED) is 0.122. The second-order valence-electron chi connectivity index (χ2n) is 16.5. The smallest absolute Gasteiger partial charge is 0.315 e. The van der Waals surface area contributed by atoms with E-state index >= 15 is 0 Å². The van der Waals surface area contributed by atoms with Crippen LogP contribution in [-0.2, 0) is 28.8 Å². The van der Waals surface area contributed by atoms with Gasteiger partial charge < -0.3 is 26.2 Å². The molecule has 4 atom stereocenters. The van der Waals surface area contributed by atoms with Crippen molar-refractivity contribution in [3.05, 3.63) is 12.7 Å². The molecule has 50 heavy (non-hydrogen) atoms. The van der Waals surface area contributed by atoms with Gasteiger partial charge in [0.25, 0.3) is 5.91 Å². The van der Waals surface area contributed by atoms with Crippen LogP contribution in [0.5, 0.6) is 0 Å². The number of hydrogen-bond donors (Lipinski definition) is 4. The van der Waals surface area contributed by atoms with Gasteiger partial charge in [-0.25, -0.2) is 4.79 Å². The molecule has 0 aromatic carbocycles. The Bertz CT molecular complexity index is 1300. The normalized spacial score (nSPS) is 22.2. The first-order valence-corrected chi connectivity index (χ1v) is 18.3. The Labute approximate surface area is 297 Å². The van der Waals surface area contributed by atoms with Crippen molar-refractivity contribution in [3.63, 3.8) is 0 Å². The topological polar surface area (TPSA) is 174 Å². The summed E-state index contributed by atoms with van der Waals surface area (Å²) in [4.78, 5) is 96.0. The highest BCUT2D eigenvalue weighted by Crippen LogP contribution is 2.40. The minimum absolute atomic E-state index is 0.0121. The average Bonchev–Trinajstić information content (AvgIpc) is 3.52. The van der Waals surface area contributed by atoms with Gasteiger partial charge in [-0.3, -0.25) is 33.7 Å². The van der Waals surface area contributed by atoms with Crippen LogP contribution >= 0.6 is 0 Å². The first kappa shape index (κ1) is 40.7. The minimum atomic E-state index is -1.04. The van der Waals surface area contributed by atoms with Crippen LogP contribution in [0.4, 0.5) is 4.79 Å². The summed E-state index contributed by atoms with van der Waals surface area (Å²) in [6.07, 6.45) is 7.88. The molecule has 3 aliphatic rings. The van der Waals surface area contributed by atoms with Crippen LogP contribution in [0.3, 0.4) is 0 Å². The number of piperidine rings is 1. The lowest BCUT2D eigenvalue weighted by molar-refractivity contribution is -0.153. The molecule has 0 radical (unpaired) electrons. The molecule has 3 rings (SSSR count). The van der Waals surface area contributed by atoms with E-state index in [-0.39, 0.29) is 50.1 Å². The van der Waals surface area contributed by atoms with E-state index < -0.39 is 64.0 Å². The first-order chi connectivity index (χ1) is 23.3. The van der Waals surface area contributed by atoms with Gasteiger partial charge in [-0.05, 0) is 48.3 Å². The molecular formula is C37H60N6O7. The van der Waals surface area contributed by atoms with Crippen LogP contribution in [0.25, 0.3) is 0 Å². The maximum Gasteiger partial charge on any atom is 0.315 e. The number of amides is 7. The highest BCUT2D eigenvalue weighted by Gasteiger charge is 2.47. The molecule has 0 bridgehead atoms. The molecule has 4 N–H and O–H groups in total. The number of carbonyl (C=O) groups excluding carboxylic acids is 7. The third-order valence-corrected chi connectivity index (χ3v) is 10.5. The maximum absolute atomic E-state index is 14.5. The van der Waals surface area contributed by atoms with E-state index in [4.69, 9.17) is 0 Å². The van der Waals surface area contributed by atoms with E-state index in [1.807, 2.05) is 48.5 Å². The molecule has 1 saturated carbocycles. The summed E-state index contributed by atoms with van der Waals surface area (Å²) < 4.78 is 0. The standard InChI is InChI=1S/C37H60N6O7/c1-9-15-24(29(46)32(48)38-19-10-2)39-31(47)25-16-14-20-42(25)33(49)30(37(8)17-12-11-13-18-37)41-34(50)40-26(35(3,4)5)23-43-27(44)21-36(6,7)22-28(43)45/h10,24-26,30H,2,9,11-23H2,1,3-8H3,(H,38,48)(H,39,47)(H2,40,41,50)/t24?,25-,26+,30+/m0/s1. The van der Waals surface area contributed by atoms with E-state index in [1.165, 1.54) is 15.9 Å². The largest absolute Gasteiger partial charge is 0.346 e. The third-order valence-electron chi connectivity index (χ3n) is 10.5. The van der Waals surface area contributed by atoms with Gasteiger partial charge >= 0.3 is 6.03 Å². The summed E-state index contributed by atoms with van der Waals surface area (Å²) in [5.41, 5.74) is -1.54. The zero-order valence-corrected chi connectivity index (χ0v) is 31.2. The number of nitrogens with one attached hydrogen (secondary N) is 4. The monoisotopic (exact) mass is 700 g/mol. The van der Waals surface area contributed by atoms with Gasteiger partial charge in [-0.2, -0.15) is 0 Å². The number of Topliss-reactive ketones (excluding diaryl/α,β-unsaturated/α-hetero) is 1. The summed E-state index contributed by atoms with van der Waals surface area (Å²) in [5.74, 6) is -3.00. The van der Waals surface area contributed by atoms with E-state index in [1.54, 1.807) is 0 Å². The molecule has 1 unspecified atom stereocenters. The van der Waals surface area contributed by atoms with Gasteiger partial charge in [0.2, 0.25) is 29.4 Å². The number of carbonyl (C=O) groups is 7. The SMILES string of the molecule is C=CCNC(=O)C(=O)C(CCC)NC(=O)[C@@H]1CCCN1C(=O)[C@@H](NC(=O)N[C@H](CN1C(=O)CC(C)(C)CC1=O)C(C)(C)C)C1(C)CCCCC1. The van der Waals surface area contributed by atoms with E-state index in [2.05, 4.69) is 27.8 Å². The summed E-state index contributed by atoms with van der Waals surface area (Å²) in [6, 6.07) is -4.05. The zero-order valence-electron chi connectivity index (χ0n) is 31.2. The van der Waals surface area contributed by atoms with Gasteiger partial charge in [0.05, 0.1) is 12.1 Å². The van der Waals surface area contributed by atoms with Gasteiger partial charge in [0.15, 0.2) is 0 Å². The molecule has 280 valence electrons. The van der Waals surface area contributed by atoms with E-state index in [9.17, 15) is 33.6 Å². The van der Waals surface area contributed by atoms with Crippen molar-refractivity contribution in [1.29, 1.82) is 0 Å². The van der Waals surface area contributed by atoms with Gasteiger partial charge in [0.1, 0.15) is 12.1 Å². The molecule has 0 aromatic heterocycles. The molecule has 2 heterocycles. The fourth-order valence-electron chi connectivity index (χ4n) is 7.35. The molecule has 1 aliphatic carbocycles. The van der Waals surface area contributed by atoms with Crippen molar-refractivity contribution in [3.8, 4) is 0 Å². The van der Waals surface area contributed by atoms with Gasteiger partial charge in [0, 0.05) is 32.5 Å².